The van der Waals surface area contributed by atoms with Crippen LogP contribution in [0.1, 0.15) is 10.4 Å². The molecule has 0 fully saturated rings. The molecule has 2 aromatic heterocycles. The lowest BCUT2D eigenvalue weighted by Crippen LogP contribution is -2.16. The molecule has 0 aromatic carbocycles. The van der Waals surface area contributed by atoms with Crippen molar-refractivity contribution in [1.29, 1.82) is 0 Å². The number of nitrogens with zero attached hydrogens (tertiary/aromatic N) is 2. The van der Waals surface area contributed by atoms with Crippen molar-refractivity contribution in [3.63, 3.8) is 0 Å². The summed E-state index contributed by atoms with van der Waals surface area (Å²) in [6, 6.07) is 3.97. The number of hydrogen-bond donors (Lipinski definition) is 2. The third-order valence-electron chi connectivity index (χ3n) is 1.95. The maximum absolute atomic E-state index is 11.8. The Morgan fingerprint density at radius 3 is 2.72 bits per heavy atom. The van der Waals surface area contributed by atoms with E-state index < -0.39 is 5.91 Å². The lowest BCUT2D eigenvalue weighted by atomic mass is 10.2. The molecule has 8 heteroatoms. The number of aromatic amines is 1. The van der Waals surface area contributed by atoms with Crippen molar-refractivity contribution in [1.82, 2.24) is 15.0 Å². The van der Waals surface area contributed by atoms with Crippen molar-refractivity contribution >= 4 is 34.9 Å². The first kappa shape index (κ1) is 12.5. The van der Waals surface area contributed by atoms with E-state index in [1.54, 1.807) is 0 Å². The number of anilines is 1. The third-order valence-corrected chi connectivity index (χ3v) is 2.31. The van der Waals surface area contributed by atoms with Gasteiger partial charge in [0.05, 0.1) is 0 Å². The van der Waals surface area contributed by atoms with Crippen LogP contribution in [-0.2, 0) is 0 Å². The summed E-state index contributed by atoms with van der Waals surface area (Å²) >= 11 is 11.3. The molecule has 0 bridgehead atoms. The molecule has 0 saturated carbocycles. The summed E-state index contributed by atoms with van der Waals surface area (Å²) < 4.78 is 0. The summed E-state index contributed by atoms with van der Waals surface area (Å²) in [5.41, 5.74) is -0.175. The number of aromatic nitrogens is 3. The average Bonchev–Trinajstić information content (AvgIpc) is 2.27. The Labute approximate surface area is 111 Å². The number of rotatable bonds is 2. The highest BCUT2D eigenvalue weighted by Gasteiger charge is 2.09. The van der Waals surface area contributed by atoms with Gasteiger partial charge in [-0.25, -0.2) is 9.97 Å². The quantitative estimate of drug-likeness (QED) is 0.649. The number of carbonyl (C=O) groups is 1. The minimum Gasteiger partial charge on any atom is -0.329 e. The van der Waals surface area contributed by atoms with E-state index >= 15 is 0 Å². The number of carbonyl (C=O) groups excluding carboxylic acids is 1. The SMILES string of the molecule is O=C(Nc1cc(Cl)nc(Cl)n1)c1cc[nH]c(=O)c1. The van der Waals surface area contributed by atoms with Crippen LogP contribution in [-0.4, -0.2) is 20.9 Å². The molecule has 0 atom stereocenters. The van der Waals surface area contributed by atoms with Gasteiger partial charge in [0.15, 0.2) is 0 Å². The van der Waals surface area contributed by atoms with E-state index in [4.69, 9.17) is 23.2 Å². The van der Waals surface area contributed by atoms with E-state index in [1.807, 2.05) is 0 Å². The van der Waals surface area contributed by atoms with Gasteiger partial charge in [-0.15, -0.1) is 0 Å². The van der Waals surface area contributed by atoms with Crippen molar-refractivity contribution in [2.24, 2.45) is 0 Å². The second-order valence-electron chi connectivity index (χ2n) is 3.24. The average molecular weight is 285 g/mol. The zero-order valence-corrected chi connectivity index (χ0v) is 10.3. The molecular formula is C10H6Cl2N4O2. The molecule has 0 saturated heterocycles. The minimum atomic E-state index is -0.494. The van der Waals surface area contributed by atoms with E-state index in [0.29, 0.717) is 0 Å². The van der Waals surface area contributed by atoms with Crippen LogP contribution in [0.5, 0.6) is 0 Å². The van der Waals surface area contributed by atoms with Crippen LogP contribution in [0, 0.1) is 0 Å². The van der Waals surface area contributed by atoms with Gasteiger partial charge >= 0.3 is 0 Å². The van der Waals surface area contributed by atoms with Crippen molar-refractivity contribution in [2.45, 2.75) is 0 Å². The monoisotopic (exact) mass is 284 g/mol. The smallest absolute Gasteiger partial charge is 0.257 e. The number of amides is 1. The summed E-state index contributed by atoms with van der Waals surface area (Å²) in [7, 11) is 0. The van der Waals surface area contributed by atoms with E-state index in [9.17, 15) is 9.59 Å². The Morgan fingerprint density at radius 2 is 2.06 bits per heavy atom. The highest BCUT2D eigenvalue weighted by molar-refractivity contribution is 6.32. The predicted molar refractivity (Wildman–Crippen MR) is 67.1 cm³/mol. The Balaban J connectivity index is 2.24. The first-order chi connectivity index (χ1) is 8.54. The Bertz CT molecular complexity index is 636. The molecule has 2 N–H and O–H groups in total. The van der Waals surface area contributed by atoms with Crippen LogP contribution < -0.4 is 10.9 Å². The standard InChI is InChI=1S/C10H6Cl2N4O2/c11-6-4-7(16-10(12)14-6)15-9(18)5-1-2-13-8(17)3-5/h1-4H,(H,13,17)(H,14,15,16,18). The van der Waals surface area contributed by atoms with Crippen molar-refractivity contribution in [3.8, 4) is 0 Å². The van der Waals surface area contributed by atoms with Gasteiger partial charge in [-0.05, 0) is 17.7 Å². The van der Waals surface area contributed by atoms with Crippen molar-refractivity contribution in [3.05, 3.63) is 50.7 Å². The Morgan fingerprint density at radius 1 is 1.28 bits per heavy atom. The van der Waals surface area contributed by atoms with Crippen LogP contribution >= 0.6 is 23.2 Å². The zero-order chi connectivity index (χ0) is 13.1. The van der Waals surface area contributed by atoms with E-state index in [0.717, 1.165) is 0 Å². The molecular weight excluding hydrogens is 279 g/mol. The fraction of sp³-hybridized carbons (Fsp3) is 0. The molecule has 0 spiro atoms. The maximum Gasteiger partial charge on any atom is 0.257 e. The molecule has 0 aliphatic carbocycles. The van der Waals surface area contributed by atoms with Gasteiger partial charge in [-0.3, -0.25) is 9.59 Å². The highest BCUT2D eigenvalue weighted by atomic mass is 35.5. The molecule has 0 radical (unpaired) electrons. The summed E-state index contributed by atoms with van der Waals surface area (Å²) in [6.45, 7) is 0. The normalized spacial score (nSPS) is 10.1. The van der Waals surface area contributed by atoms with Crippen LogP contribution in [0.15, 0.2) is 29.2 Å². The van der Waals surface area contributed by atoms with Gasteiger partial charge < -0.3 is 10.3 Å². The molecule has 2 aromatic rings. The molecule has 0 aliphatic rings. The van der Waals surface area contributed by atoms with Gasteiger partial charge in [0.2, 0.25) is 10.8 Å². The second-order valence-corrected chi connectivity index (χ2v) is 3.97. The fourth-order valence-electron chi connectivity index (χ4n) is 1.23. The maximum atomic E-state index is 11.8. The Kier molecular flexibility index (Phi) is 3.59. The molecule has 0 aliphatic heterocycles. The summed E-state index contributed by atoms with van der Waals surface area (Å²) in [6.07, 6.45) is 1.37. The lowest BCUT2D eigenvalue weighted by molar-refractivity contribution is 0.102. The largest absolute Gasteiger partial charge is 0.329 e. The van der Waals surface area contributed by atoms with Crippen LogP contribution in [0.4, 0.5) is 5.82 Å². The molecule has 2 heterocycles. The number of nitrogens with one attached hydrogen (secondary N) is 2. The molecule has 6 nitrogen and oxygen atoms in total. The molecule has 2 rings (SSSR count). The van der Waals surface area contributed by atoms with E-state index in [2.05, 4.69) is 20.3 Å². The highest BCUT2D eigenvalue weighted by Crippen LogP contribution is 2.14. The first-order valence-electron chi connectivity index (χ1n) is 4.75. The van der Waals surface area contributed by atoms with E-state index in [1.165, 1.54) is 24.4 Å². The third kappa shape index (κ3) is 3.06. The fourth-order valence-corrected chi connectivity index (χ4v) is 1.64. The van der Waals surface area contributed by atoms with Crippen LogP contribution in [0.25, 0.3) is 0 Å². The molecule has 18 heavy (non-hydrogen) atoms. The van der Waals surface area contributed by atoms with Crippen LogP contribution in [0.2, 0.25) is 10.4 Å². The number of H-pyrrole nitrogens is 1. The summed E-state index contributed by atoms with van der Waals surface area (Å²) in [5.74, 6) is -0.336. The summed E-state index contributed by atoms with van der Waals surface area (Å²) in [4.78, 5) is 32.7. The molecule has 0 unspecified atom stereocenters. The second kappa shape index (κ2) is 5.16. The Hall–Kier alpha value is -1.92. The number of hydrogen-bond acceptors (Lipinski definition) is 4. The molecule has 1 amide bonds. The van der Waals surface area contributed by atoms with Crippen molar-refractivity contribution < 1.29 is 4.79 Å². The first-order valence-corrected chi connectivity index (χ1v) is 5.50. The van der Waals surface area contributed by atoms with Crippen molar-refractivity contribution in [2.75, 3.05) is 5.32 Å². The number of halogens is 2. The van der Waals surface area contributed by atoms with Gasteiger partial charge in [0, 0.05) is 23.9 Å². The van der Waals surface area contributed by atoms with Gasteiger partial charge in [0.1, 0.15) is 11.0 Å². The lowest BCUT2D eigenvalue weighted by Gasteiger charge is -2.04. The van der Waals surface area contributed by atoms with E-state index in [-0.39, 0.29) is 27.4 Å². The summed E-state index contributed by atoms with van der Waals surface area (Å²) in [5, 5.41) is 2.48. The molecule has 92 valence electrons. The topological polar surface area (TPSA) is 87.7 Å². The van der Waals surface area contributed by atoms with Gasteiger partial charge in [0.25, 0.3) is 5.91 Å². The van der Waals surface area contributed by atoms with Crippen LogP contribution in [0.3, 0.4) is 0 Å². The zero-order valence-electron chi connectivity index (χ0n) is 8.78. The number of pyridine rings is 1. The van der Waals surface area contributed by atoms with Gasteiger partial charge in [-0.1, -0.05) is 11.6 Å². The minimum absolute atomic E-state index is 0.0799. The van der Waals surface area contributed by atoms with Gasteiger partial charge in [-0.2, -0.15) is 0 Å². The predicted octanol–water partition coefficient (Wildman–Crippen LogP) is 1.72.